The first-order chi connectivity index (χ1) is 12.8. The number of ketones is 1. The highest BCUT2D eigenvalue weighted by molar-refractivity contribution is 6.04. The highest BCUT2D eigenvalue weighted by Gasteiger charge is 2.12. The molecule has 0 aliphatic heterocycles. The van der Waals surface area contributed by atoms with Crippen molar-refractivity contribution in [2.75, 3.05) is 31.7 Å². The van der Waals surface area contributed by atoms with Gasteiger partial charge in [-0.2, -0.15) is 0 Å². The molecule has 1 aromatic rings. The van der Waals surface area contributed by atoms with Crippen molar-refractivity contribution in [3.05, 3.63) is 18.2 Å². The second-order valence-corrected chi connectivity index (χ2v) is 5.46. The fourth-order valence-corrected chi connectivity index (χ4v) is 1.92. The van der Waals surface area contributed by atoms with Crippen LogP contribution in [0.15, 0.2) is 18.2 Å². The maximum Gasteiger partial charge on any atom is 0.302 e. The summed E-state index contributed by atoms with van der Waals surface area (Å²) in [6, 6.07) is 4.70. The lowest BCUT2D eigenvalue weighted by Gasteiger charge is -2.14. The van der Waals surface area contributed by atoms with E-state index >= 15 is 0 Å². The average Bonchev–Trinajstić information content (AvgIpc) is 2.55. The highest BCUT2D eigenvalue weighted by atomic mass is 16.6. The predicted molar refractivity (Wildman–Crippen MR) is 94.6 cm³/mol. The molecule has 1 rings (SSSR count). The van der Waals surface area contributed by atoms with Crippen LogP contribution in [-0.2, 0) is 28.7 Å². The van der Waals surface area contributed by atoms with E-state index in [-0.39, 0.29) is 38.6 Å². The van der Waals surface area contributed by atoms with Crippen LogP contribution in [0.4, 0.5) is 5.69 Å². The largest absolute Gasteiger partial charge is 0.490 e. The topological polar surface area (TPSA) is 117 Å². The van der Waals surface area contributed by atoms with E-state index in [0.717, 1.165) is 0 Å². The number of Topliss-reactive ketones (excluding diaryl/α,β-unsaturated/α-hetero) is 1. The number of hydrogen-bond donors (Lipinski definition) is 1. The van der Waals surface area contributed by atoms with Gasteiger partial charge in [0.05, 0.1) is 12.1 Å². The lowest BCUT2D eigenvalue weighted by atomic mass is 10.2. The molecule has 0 aromatic heterocycles. The molecule has 0 saturated heterocycles. The molecular weight excluding hydrogens is 358 g/mol. The summed E-state index contributed by atoms with van der Waals surface area (Å²) < 4.78 is 20.5. The molecule has 0 heterocycles. The Hall–Kier alpha value is -3.10. The number of anilines is 1. The van der Waals surface area contributed by atoms with Crippen molar-refractivity contribution >= 4 is 29.3 Å². The fourth-order valence-electron chi connectivity index (χ4n) is 1.92. The molecule has 1 N–H and O–H groups in total. The van der Waals surface area contributed by atoms with E-state index in [0.29, 0.717) is 17.2 Å². The first-order valence-corrected chi connectivity index (χ1v) is 8.23. The molecule has 0 fully saturated rings. The normalized spacial score (nSPS) is 9.89. The number of carbonyl (C=O) groups is 4. The maximum absolute atomic E-state index is 11.9. The summed E-state index contributed by atoms with van der Waals surface area (Å²) in [5.41, 5.74) is 0.300. The Morgan fingerprint density at radius 1 is 0.852 bits per heavy atom. The van der Waals surface area contributed by atoms with Crippen molar-refractivity contribution in [3.8, 4) is 11.5 Å². The van der Waals surface area contributed by atoms with Crippen LogP contribution < -0.4 is 14.8 Å². The van der Waals surface area contributed by atoms with Crippen LogP contribution in [0.25, 0.3) is 0 Å². The van der Waals surface area contributed by atoms with E-state index in [9.17, 15) is 19.2 Å². The third-order valence-electron chi connectivity index (χ3n) is 2.94. The van der Waals surface area contributed by atoms with Crippen molar-refractivity contribution in [1.82, 2.24) is 0 Å². The molecule has 0 radical (unpaired) electrons. The number of nitrogens with one attached hydrogen (secondary N) is 1. The Bertz CT molecular complexity index is 686. The number of amides is 1. The Morgan fingerprint density at radius 3 is 2.00 bits per heavy atom. The quantitative estimate of drug-likeness (QED) is 0.348. The molecule has 148 valence electrons. The Kier molecular flexibility index (Phi) is 9.35. The van der Waals surface area contributed by atoms with Gasteiger partial charge in [-0.3, -0.25) is 19.2 Å². The summed E-state index contributed by atoms with van der Waals surface area (Å²) in [6.07, 6.45) is -0.273. The van der Waals surface area contributed by atoms with Crippen molar-refractivity contribution in [2.45, 2.75) is 27.2 Å². The van der Waals surface area contributed by atoms with Gasteiger partial charge in [-0.05, 0) is 19.1 Å². The van der Waals surface area contributed by atoms with Crippen molar-refractivity contribution in [3.63, 3.8) is 0 Å². The Morgan fingerprint density at radius 2 is 1.44 bits per heavy atom. The minimum atomic E-state index is -0.496. The molecule has 9 heteroatoms. The minimum Gasteiger partial charge on any atom is -0.490 e. The summed E-state index contributed by atoms with van der Waals surface area (Å²) in [6.45, 7) is 4.25. The van der Waals surface area contributed by atoms with Crippen LogP contribution in [0, 0.1) is 0 Å². The number of rotatable bonds is 11. The maximum atomic E-state index is 11.9. The van der Waals surface area contributed by atoms with Gasteiger partial charge in [0.25, 0.3) is 0 Å². The summed E-state index contributed by atoms with van der Waals surface area (Å²) >= 11 is 0. The van der Waals surface area contributed by atoms with E-state index in [1.807, 2.05) is 0 Å². The van der Waals surface area contributed by atoms with Crippen molar-refractivity contribution in [1.29, 1.82) is 0 Å². The van der Waals surface area contributed by atoms with Crippen molar-refractivity contribution in [2.24, 2.45) is 0 Å². The number of ether oxygens (including phenoxy) is 4. The number of hydrogen-bond acceptors (Lipinski definition) is 8. The molecule has 0 bridgehead atoms. The zero-order valence-corrected chi connectivity index (χ0v) is 15.5. The summed E-state index contributed by atoms with van der Waals surface area (Å²) in [4.78, 5) is 44.5. The second-order valence-electron chi connectivity index (χ2n) is 5.46. The third kappa shape index (κ3) is 9.83. The summed E-state index contributed by atoms with van der Waals surface area (Å²) in [5, 5.41) is 2.58. The molecular formula is C18H23NO8. The van der Waals surface area contributed by atoms with Gasteiger partial charge in [-0.1, -0.05) is 0 Å². The summed E-state index contributed by atoms with van der Waals surface area (Å²) in [5.74, 6) is -0.876. The molecule has 9 nitrogen and oxygen atoms in total. The first-order valence-electron chi connectivity index (χ1n) is 8.23. The lowest BCUT2D eigenvalue weighted by molar-refractivity contribution is -0.142. The number of benzene rings is 1. The van der Waals surface area contributed by atoms with Gasteiger partial charge in [-0.25, -0.2) is 0 Å². The predicted octanol–water partition coefficient (Wildman–Crippen LogP) is 1.49. The zero-order valence-electron chi connectivity index (χ0n) is 15.5. The van der Waals surface area contributed by atoms with Gasteiger partial charge in [0, 0.05) is 19.9 Å². The SMILES string of the molecule is CC(=O)CC(=O)Nc1cc(OCCOC(C)=O)ccc1OCCOC(C)=O. The third-order valence-corrected chi connectivity index (χ3v) is 2.94. The zero-order chi connectivity index (χ0) is 20.2. The standard InChI is InChI=1S/C18H23NO8/c1-12(20)10-18(23)19-16-11-15(26-8-6-24-13(2)21)4-5-17(16)27-9-7-25-14(3)22/h4-5,11H,6-10H2,1-3H3,(H,19,23). The molecule has 1 aromatic carbocycles. The van der Waals surface area contributed by atoms with Gasteiger partial charge in [0.15, 0.2) is 0 Å². The molecule has 0 aliphatic carbocycles. The minimum absolute atomic E-state index is 0.0524. The summed E-state index contributed by atoms with van der Waals surface area (Å²) in [7, 11) is 0. The molecule has 0 spiro atoms. The smallest absolute Gasteiger partial charge is 0.302 e. The Balaban J connectivity index is 2.77. The molecule has 1 amide bonds. The van der Waals surface area contributed by atoms with Gasteiger partial charge >= 0.3 is 11.9 Å². The van der Waals surface area contributed by atoms with E-state index in [4.69, 9.17) is 18.9 Å². The first kappa shape index (κ1) is 21.9. The molecule has 27 heavy (non-hydrogen) atoms. The average molecular weight is 381 g/mol. The van der Waals surface area contributed by atoms with Gasteiger partial charge in [0.1, 0.15) is 43.7 Å². The van der Waals surface area contributed by atoms with E-state index < -0.39 is 17.8 Å². The van der Waals surface area contributed by atoms with Crippen LogP contribution >= 0.6 is 0 Å². The molecule has 0 aliphatic rings. The van der Waals surface area contributed by atoms with Crippen LogP contribution in [0.5, 0.6) is 11.5 Å². The van der Waals surface area contributed by atoms with Gasteiger partial charge < -0.3 is 24.3 Å². The molecule has 0 unspecified atom stereocenters. The van der Waals surface area contributed by atoms with Crippen LogP contribution in [0.3, 0.4) is 0 Å². The second kappa shape index (κ2) is 11.5. The van der Waals surface area contributed by atoms with Gasteiger partial charge in [-0.15, -0.1) is 0 Å². The number of carbonyl (C=O) groups excluding carboxylic acids is 4. The number of esters is 2. The highest BCUT2D eigenvalue weighted by Crippen LogP contribution is 2.29. The van der Waals surface area contributed by atoms with E-state index in [1.54, 1.807) is 12.1 Å². The van der Waals surface area contributed by atoms with Crippen LogP contribution in [-0.4, -0.2) is 50.1 Å². The van der Waals surface area contributed by atoms with E-state index in [1.165, 1.54) is 26.8 Å². The molecule has 0 atom stereocenters. The monoisotopic (exact) mass is 381 g/mol. The molecule has 0 saturated carbocycles. The fraction of sp³-hybridized carbons (Fsp3) is 0.444. The van der Waals surface area contributed by atoms with Crippen LogP contribution in [0.1, 0.15) is 27.2 Å². The Labute approximate surface area is 156 Å². The van der Waals surface area contributed by atoms with Gasteiger partial charge in [0.2, 0.25) is 5.91 Å². The van der Waals surface area contributed by atoms with E-state index in [2.05, 4.69) is 5.32 Å². The van der Waals surface area contributed by atoms with Crippen molar-refractivity contribution < 1.29 is 38.1 Å². The lowest BCUT2D eigenvalue weighted by Crippen LogP contribution is -2.16. The van der Waals surface area contributed by atoms with Crippen LogP contribution in [0.2, 0.25) is 0 Å².